The Morgan fingerprint density at radius 3 is 2.95 bits per heavy atom. The van der Waals surface area contributed by atoms with Crippen LogP contribution >= 0.6 is 11.8 Å². The molecular weight excluding hydrogens is 306 g/mol. The third-order valence-electron chi connectivity index (χ3n) is 2.68. The lowest BCUT2D eigenvalue weighted by atomic mass is 10.2. The minimum absolute atomic E-state index is 0.0201. The minimum atomic E-state index is -0.622. The van der Waals surface area contributed by atoms with Crippen molar-refractivity contribution < 1.29 is 14.3 Å². The maximum absolute atomic E-state index is 12.0. The molecule has 0 unspecified atom stereocenters. The smallest absolute Gasteiger partial charge is 0.262 e. The number of aliphatic imine (C=N–C) groups is 2. The fourth-order valence-corrected chi connectivity index (χ4v) is 2.69. The quantitative estimate of drug-likeness (QED) is 0.539. The highest BCUT2D eigenvalue weighted by Crippen LogP contribution is 2.26. The molecule has 0 bridgehead atoms. The number of methoxy groups -OCH3 is 1. The van der Waals surface area contributed by atoms with Gasteiger partial charge in [-0.25, -0.2) is 0 Å². The molecule has 0 spiro atoms. The van der Waals surface area contributed by atoms with Crippen LogP contribution in [0.25, 0.3) is 0 Å². The number of anilines is 1. The molecule has 0 aliphatic carbocycles. The van der Waals surface area contributed by atoms with E-state index >= 15 is 0 Å². The molecule has 8 nitrogen and oxygen atoms in total. The highest BCUT2D eigenvalue weighted by Gasteiger charge is 2.30. The number of nitrogens with zero attached hydrogens (tertiary/aromatic N) is 2. The number of carbonyl (C=O) groups excluding carboxylic acids is 2. The van der Waals surface area contributed by atoms with Crippen molar-refractivity contribution in [1.82, 2.24) is 0 Å². The van der Waals surface area contributed by atoms with E-state index in [9.17, 15) is 9.59 Å². The monoisotopic (exact) mass is 321 g/mol. The number of hydrogen-bond donors (Lipinski definition) is 3. The second-order valence-electron chi connectivity index (χ2n) is 4.36. The predicted octanol–water partition coefficient (Wildman–Crippen LogP) is 0.295. The molecule has 1 aliphatic rings. The van der Waals surface area contributed by atoms with Gasteiger partial charge in [-0.3, -0.25) is 9.59 Å². The maximum Gasteiger partial charge on any atom is 0.262 e. The zero-order chi connectivity index (χ0) is 16.1. The first-order chi connectivity index (χ1) is 10.5. The number of thioether (sulfide) groups is 1. The average molecular weight is 321 g/mol. The summed E-state index contributed by atoms with van der Waals surface area (Å²) in [5.74, 6) is -0.283. The number of nitrogens with two attached hydrogens (primary N) is 2. The van der Waals surface area contributed by atoms with Gasteiger partial charge in [0.15, 0.2) is 11.1 Å². The highest BCUT2D eigenvalue weighted by molar-refractivity contribution is 8.15. The Morgan fingerprint density at radius 2 is 2.27 bits per heavy atom. The van der Waals surface area contributed by atoms with E-state index in [1.54, 1.807) is 24.3 Å². The summed E-state index contributed by atoms with van der Waals surface area (Å²) < 4.78 is 5.07. The Hall–Kier alpha value is -2.55. The van der Waals surface area contributed by atoms with Crippen LogP contribution in [0.3, 0.4) is 0 Å². The van der Waals surface area contributed by atoms with Gasteiger partial charge in [0.05, 0.1) is 7.11 Å². The normalized spacial score (nSPS) is 16.9. The van der Waals surface area contributed by atoms with Gasteiger partial charge in [0, 0.05) is 18.2 Å². The second kappa shape index (κ2) is 6.94. The number of hydrogen-bond acceptors (Lipinski definition) is 5. The number of guanidine groups is 1. The van der Waals surface area contributed by atoms with E-state index in [4.69, 9.17) is 16.2 Å². The molecule has 22 heavy (non-hydrogen) atoms. The summed E-state index contributed by atoms with van der Waals surface area (Å²) in [6, 6.07) is 6.93. The molecule has 1 aliphatic heterocycles. The van der Waals surface area contributed by atoms with Crippen molar-refractivity contribution in [3.05, 3.63) is 24.3 Å². The van der Waals surface area contributed by atoms with Crippen LogP contribution in [-0.2, 0) is 9.59 Å². The number of nitrogens with one attached hydrogen (secondary N) is 1. The lowest BCUT2D eigenvalue weighted by Crippen LogP contribution is -2.23. The zero-order valence-electron chi connectivity index (χ0n) is 11.8. The van der Waals surface area contributed by atoms with Gasteiger partial charge in [0.2, 0.25) is 5.91 Å². The van der Waals surface area contributed by atoms with E-state index in [0.29, 0.717) is 11.4 Å². The van der Waals surface area contributed by atoms with E-state index in [0.717, 1.165) is 11.8 Å². The van der Waals surface area contributed by atoms with E-state index in [1.165, 1.54) is 7.11 Å². The molecule has 1 heterocycles. The van der Waals surface area contributed by atoms with Crippen LogP contribution in [0.5, 0.6) is 5.75 Å². The topological polar surface area (TPSA) is 132 Å². The molecule has 0 saturated carbocycles. The molecule has 0 radical (unpaired) electrons. The standard InChI is InChI=1S/C13H15N5O3S/c1-21-8-4-2-3-7(5-8)16-10(19)6-9-11(20)17-13(22-9)18-12(14)15/h2-5,9H,6H2,1H3,(H,16,19)(H4,14,15,17,18,20)/t9-/m0/s1. The molecule has 1 atom stereocenters. The van der Waals surface area contributed by atoms with Crippen LogP contribution in [0.2, 0.25) is 0 Å². The van der Waals surface area contributed by atoms with Gasteiger partial charge in [0.1, 0.15) is 11.0 Å². The van der Waals surface area contributed by atoms with Gasteiger partial charge in [0.25, 0.3) is 5.91 Å². The van der Waals surface area contributed by atoms with Crippen molar-refractivity contribution in [3.8, 4) is 5.75 Å². The van der Waals surface area contributed by atoms with Crippen LogP contribution in [0.4, 0.5) is 5.69 Å². The summed E-state index contributed by atoms with van der Waals surface area (Å²) in [5.41, 5.74) is 11.0. The average Bonchev–Trinajstić information content (AvgIpc) is 2.77. The second-order valence-corrected chi connectivity index (χ2v) is 5.53. The van der Waals surface area contributed by atoms with Crippen molar-refractivity contribution in [2.75, 3.05) is 12.4 Å². The van der Waals surface area contributed by atoms with Crippen LogP contribution in [0, 0.1) is 0 Å². The zero-order valence-corrected chi connectivity index (χ0v) is 12.6. The first-order valence-corrected chi connectivity index (χ1v) is 7.18. The molecular formula is C13H15N5O3S. The number of benzene rings is 1. The predicted molar refractivity (Wildman–Crippen MR) is 85.9 cm³/mol. The Bertz CT molecular complexity index is 655. The number of amidine groups is 1. The first-order valence-electron chi connectivity index (χ1n) is 6.30. The molecule has 116 valence electrons. The lowest BCUT2D eigenvalue weighted by Gasteiger charge is -2.09. The molecule has 0 saturated heterocycles. The van der Waals surface area contributed by atoms with Gasteiger partial charge in [-0.15, -0.1) is 0 Å². The fraction of sp³-hybridized carbons (Fsp3) is 0.231. The SMILES string of the molecule is COc1cccc(NC(=O)C[C@@H]2SC(N=C(N)N)=NC2=O)c1. The van der Waals surface area contributed by atoms with Crippen LogP contribution in [0.15, 0.2) is 34.3 Å². The Labute approximate surface area is 131 Å². The molecule has 5 N–H and O–H groups in total. The van der Waals surface area contributed by atoms with Gasteiger partial charge < -0.3 is 21.5 Å². The molecule has 0 aromatic heterocycles. The Kier molecular flexibility index (Phi) is 4.99. The third kappa shape index (κ3) is 4.22. The van der Waals surface area contributed by atoms with Crippen molar-refractivity contribution in [2.45, 2.75) is 11.7 Å². The van der Waals surface area contributed by atoms with E-state index in [2.05, 4.69) is 15.3 Å². The van der Waals surface area contributed by atoms with E-state index in [1.807, 2.05) is 0 Å². The summed E-state index contributed by atoms with van der Waals surface area (Å²) in [5, 5.41) is 2.25. The van der Waals surface area contributed by atoms with Crippen molar-refractivity contribution in [1.29, 1.82) is 0 Å². The highest BCUT2D eigenvalue weighted by atomic mass is 32.2. The van der Waals surface area contributed by atoms with Gasteiger partial charge in [-0.1, -0.05) is 17.8 Å². The summed E-state index contributed by atoms with van der Waals surface area (Å²) >= 11 is 1.06. The van der Waals surface area contributed by atoms with Gasteiger partial charge >= 0.3 is 0 Å². The third-order valence-corrected chi connectivity index (χ3v) is 3.72. The maximum atomic E-state index is 12.0. The largest absolute Gasteiger partial charge is 0.497 e. The number of rotatable bonds is 4. The number of carbonyl (C=O) groups is 2. The summed E-state index contributed by atoms with van der Waals surface area (Å²) in [6.45, 7) is 0. The minimum Gasteiger partial charge on any atom is -0.497 e. The van der Waals surface area contributed by atoms with Crippen LogP contribution in [0.1, 0.15) is 6.42 Å². The van der Waals surface area contributed by atoms with E-state index < -0.39 is 11.2 Å². The van der Waals surface area contributed by atoms with Gasteiger partial charge in [-0.05, 0) is 12.1 Å². The van der Waals surface area contributed by atoms with E-state index in [-0.39, 0.29) is 23.5 Å². The summed E-state index contributed by atoms with van der Waals surface area (Å²) in [7, 11) is 1.54. The van der Waals surface area contributed by atoms with Crippen LogP contribution in [-0.4, -0.2) is 35.3 Å². The van der Waals surface area contributed by atoms with Gasteiger partial charge in [-0.2, -0.15) is 9.98 Å². The number of ether oxygens (including phenoxy) is 1. The Morgan fingerprint density at radius 1 is 1.50 bits per heavy atom. The lowest BCUT2D eigenvalue weighted by molar-refractivity contribution is -0.121. The molecule has 1 aromatic rings. The molecule has 2 amide bonds. The van der Waals surface area contributed by atoms with Crippen molar-refractivity contribution in [3.63, 3.8) is 0 Å². The van der Waals surface area contributed by atoms with Crippen molar-refractivity contribution >= 4 is 40.4 Å². The Balaban J connectivity index is 1.93. The summed E-state index contributed by atoms with van der Waals surface area (Å²) in [6.07, 6.45) is -0.0201. The molecule has 9 heteroatoms. The van der Waals surface area contributed by atoms with Crippen molar-refractivity contribution in [2.24, 2.45) is 21.5 Å². The first kappa shape index (κ1) is 15.8. The number of amides is 2. The fourth-order valence-electron chi connectivity index (χ4n) is 1.74. The summed E-state index contributed by atoms with van der Waals surface area (Å²) in [4.78, 5) is 31.1. The molecule has 2 rings (SSSR count). The molecule has 1 aromatic carbocycles. The molecule has 0 fully saturated rings. The van der Waals surface area contributed by atoms with Crippen LogP contribution < -0.4 is 21.5 Å².